The Balaban J connectivity index is 2.29. The van der Waals surface area contributed by atoms with E-state index in [-0.39, 0.29) is 29.4 Å². The molecule has 2 atom stereocenters. The molecular formula is C13H22N2O4S. The van der Waals surface area contributed by atoms with Gasteiger partial charge in [0.05, 0.1) is 12.3 Å². The number of rotatable bonds is 5. The fraction of sp³-hybridized carbons (Fsp3) is 0.846. The van der Waals surface area contributed by atoms with Gasteiger partial charge in [-0.2, -0.15) is 4.31 Å². The van der Waals surface area contributed by atoms with Gasteiger partial charge in [-0.1, -0.05) is 13.8 Å². The van der Waals surface area contributed by atoms with Gasteiger partial charge in [-0.25, -0.2) is 8.42 Å². The molecule has 2 aliphatic rings. The van der Waals surface area contributed by atoms with Crippen molar-refractivity contribution in [3.8, 4) is 0 Å². The summed E-state index contributed by atoms with van der Waals surface area (Å²) in [4.78, 5) is 23.2. The van der Waals surface area contributed by atoms with E-state index in [9.17, 15) is 18.0 Å². The molecule has 114 valence electrons. The van der Waals surface area contributed by atoms with Gasteiger partial charge < -0.3 is 5.73 Å². The maximum atomic E-state index is 12.4. The Bertz CT molecular complexity index is 555. The van der Waals surface area contributed by atoms with Crippen LogP contribution in [0.4, 0.5) is 0 Å². The number of amides is 1. The molecule has 2 bridgehead atoms. The number of ketones is 1. The maximum Gasteiger partial charge on any atom is 0.232 e. The van der Waals surface area contributed by atoms with Crippen LogP contribution in [0.5, 0.6) is 0 Å². The minimum Gasteiger partial charge on any atom is -0.369 e. The minimum atomic E-state index is -3.67. The topological polar surface area (TPSA) is 97.5 Å². The fourth-order valence-corrected chi connectivity index (χ4v) is 5.69. The number of carbonyl (C=O) groups excluding carboxylic acids is 2. The molecule has 2 N–H and O–H groups in total. The molecule has 2 saturated carbocycles. The summed E-state index contributed by atoms with van der Waals surface area (Å²) >= 11 is 0. The summed E-state index contributed by atoms with van der Waals surface area (Å²) in [5.41, 5.74) is 3.94. The molecule has 0 heterocycles. The number of likely N-dealkylation sites (N-methyl/N-ethyl adjacent to an activating group) is 1. The maximum absolute atomic E-state index is 12.4. The van der Waals surface area contributed by atoms with Crippen molar-refractivity contribution in [1.29, 1.82) is 0 Å². The van der Waals surface area contributed by atoms with Crippen molar-refractivity contribution in [3.63, 3.8) is 0 Å². The van der Waals surface area contributed by atoms with Crippen molar-refractivity contribution in [2.45, 2.75) is 33.1 Å². The molecule has 2 fully saturated rings. The van der Waals surface area contributed by atoms with Crippen LogP contribution in [-0.4, -0.2) is 43.8 Å². The predicted molar refractivity (Wildman–Crippen MR) is 74.2 cm³/mol. The lowest BCUT2D eigenvalue weighted by atomic mass is 9.70. The molecule has 7 heteroatoms. The van der Waals surface area contributed by atoms with Crippen molar-refractivity contribution in [1.82, 2.24) is 4.31 Å². The van der Waals surface area contributed by atoms with Crippen LogP contribution < -0.4 is 5.73 Å². The minimum absolute atomic E-state index is 0.0507. The van der Waals surface area contributed by atoms with Crippen LogP contribution in [0, 0.1) is 16.7 Å². The van der Waals surface area contributed by atoms with Crippen LogP contribution in [0.1, 0.15) is 33.1 Å². The molecule has 0 aromatic heterocycles. The fourth-order valence-electron chi connectivity index (χ4n) is 3.85. The highest BCUT2D eigenvalue weighted by Gasteiger charge is 2.65. The number of carbonyl (C=O) groups is 2. The number of nitrogens with two attached hydrogens (primary N) is 1. The molecule has 6 nitrogen and oxygen atoms in total. The summed E-state index contributed by atoms with van der Waals surface area (Å²) in [6, 6.07) is 0. The molecule has 1 amide bonds. The number of nitrogens with zero attached hydrogens (tertiary/aromatic N) is 1. The zero-order chi connectivity index (χ0) is 15.3. The second kappa shape index (κ2) is 4.53. The van der Waals surface area contributed by atoms with Crippen molar-refractivity contribution in [2.75, 3.05) is 19.3 Å². The van der Waals surface area contributed by atoms with Gasteiger partial charge in [0.1, 0.15) is 5.78 Å². The highest BCUT2D eigenvalue weighted by molar-refractivity contribution is 7.89. The Morgan fingerprint density at radius 3 is 2.45 bits per heavy atom. The smallest absolute Gasteiger partial charge is 0.232 e. The van der Waals surface area contributed by atoms with Gasteiger partial charge in [-0.15, -0.1) is 0 Å². The largest absolute Gasteiger partial charge is 0.369 e. The van der Waals surface area contributed by atoms with E-state index in [4.69, 9.17) is 5.73 Å². The number of sulfonamides is 1. The molecule has 20 heavy (non-hydrogen) atoms. The number of primary amides is 1. The first-order valence-electron chi connectivity index (χ1n) is 6.78. The van der Waals surface area contributed by atoms with Gasteiger partial charge in [0.2, 0.25) is 15.9 Å². The predicted octanol–water partition coefficient (Wildman–Crippen LogP) is 0.129. The van der Waals surface area contributed by atoms with Gasteiger partial charge in [0.25, 0.3) is 0 Å². The number of fused-ring (bicyclic) bond motifs is 2. The summed E-state index contributed by atoms with van der Waals surface area (Å²) in [6.45, 7) is 3.62. The molecular weight excluding hydrogens is 280 g/mol. The summed E-state index contributed by atoms with van der Waals surface area (Å²) in [5, 5.41) is 0. The van der Waals surface area contributed by atoms with Gasteiger partial charge >= 0.3 is 0 Å². The van der Waals surface area contributed by atoms with Gasteiger partial charge in [0.15, 0.2) is 0 Å². The average molecular weight is 302 g/mol. The first kappa shape index (κ1) is 15.4. The zero-order valence-corrected chi connectivity index (χ0v) is 13.0. The molecule has 0 aliphatic heterocycles. The number of hydrogen-bond donors (Lipinski definition) is 1. The molecule has 0 saturated heterocycles. The lowest BCUT2D eigenvalue weighted by molar-refractivity contribution is -0.128. The van der Waals surface area contributed by atoms with Crippen molar-refractivity contribution >= 4 is 21.7 Å². The van der Waals surface area contributed by atoms with Crippen LogP contribution in [0.15, 0.2) is 0 Å². The van der Waals surface area contributed by atoms with E-state index in [1.165, 1.54) is 7.05 Å². The first-order chi connectivity index (χ1) is 9.03. The van der Waals surface area contributed by atoms with Crippen LogP contribution in [0.2, 0.25) is 0 Å². The molecule has 0 unspecified atom stereocenters. The van der Waals surface area contributed by atoms with Crippen LogP contribution in [0.25, 0.3) is 0 Å². The Hall–Kier alpha value is -0.950. The molecule has 0 radical (unpaired) electrons. The van der Waals surface area contributed by atoms with Gasteiger partial charge in [-0.3, -0.25) is 9.59 Å². The molecule has 0 spiro atoms. The lowest BCUT2D eigenvalue weighted by Crippen LogP contribution is -2.47. The molecule has 0 aromatic carbocycles. The van der Waals surface area contributed by atoms with E-state index < -0.39 is 21.3 Å². The highest BCUT2D eigenvalue weighted by Crippen LogP contribution is 2.64. The zero-order valence-electron chi connectivity index (χ0n) is 12.2. The SMILES string of the molecule is CN(CC(N)=O)S(=O)(=O)C[C@]12CC[C@@H](CC1=O)C2(C)C. The molecule has 2 rings (SSSR count). The average Bonchev–Trinajstić information content (AvgIpc) is 2.61. The van der Waals surface area contributed by atoms with E-state index in [0.717, 1.165) is 10.7 Å². The van der Waals surface area contributed by atoms with Gasteiger partial charge in [-0.05, 0) is 24.2 Å². The molecule has 2 aliphatic carbocycles. The normalized spacial score (nSPS) is 32.0. The quantitative estimate of drug-likeness (QED) is 0.780. The van der Waals surface area contributed by atoms with E-state index in [0.29, 0.717) is 12.8 Å². The standard InChI is InChI=1S/C13H22N2O4S/c1-12(2)9-4-5-13(12,10(16)6-9)8-20(18,19)15(3)7-11(14)17/h9H,4-8H2,1-3H3,(H2,14,17)/t9-,13+/m0/s1. The van der Waals surface area contributed by atoms with Crippen molar-refractivity contribution in [2.24, 2.45) is 22.5 Å². The monoisotopic (exact) mass is 302 g/mol. The summed E-state index contributed by atoms with van der Waals surface area (Å²) < 4.78 is 25.8. The van der Waals surface area contributed by atoms with Crippen LogP contribution in [-0.2, 0) is 19.6 Å². The Morgan fingerprint density at radius 1 is 1.45 bits per heavy atom. The van der Waals surface area contributed by atoms with Crippen LogP contribution in [0.3, 0.4) is 0 Å². The van der Waals surface area contributed by atoms with Crippen molar-refractivity contribution < 1.29 is 18.0 Å². The highest BCUT2D eigenvalue weighted by atomic mass is 32.2. The number of Topliss-reactive ketones (excluding diaryl/α,β-unsaturated/α-hetero) is 1. The summed E-state index contributed by atoms with van der Waals surface area (Å²) in [7, 11) is -2.35. The first-order valence-corrected chi connectivity index (χ1v) is 8.39. The third kappa shape index (κ3) is 2.07. The van der Waals surface area contributed by atoms with E-state index >= 15 is 0 Å². The summed E-state index contributed by atoms with van der Waals surface area (Å²) in [6.07, 6.45) is 1.99. The van der Waals surface area contributed by atoms with Gasteiger partial charge in [0, 0.05) is 18.9 Å². The summed E-state index contributed by atoms with van der Waals surface area (Å²) in [5.74, 6) is -0.595. The van der Waals surface area contributed by atoms with E-state index in [1.54, 1.807) is 0 Å². The van der Waals surface area contributed by atoms with Crippen LogP contribution >= 0.6 is 0 Å². The van der Waals surface area contributed by atoms with E-state index in [2.05, 4.69) is 0 Å². The second-order valence-corrected chi connectivity index (χ2v) is 8.72. The third-order valence-electron chi connectivity index (χ3n) is 5.42. The Labute approximate surface area is 119 Å². The van der Waals surface area contributed by atoms with Crippen molar-refractivity contribution in [3.05, 3.63) is 0 Å². The Kier molecular flexibility index (Phi) is 3.49. The second-order valence-electron chi connectivity index (χ2n) is 6.65. The lowest BCUT2D eigenvalue weighted by Gasteiger charge is -2.37. The molecule has 0 aromatic rings. The number of hydrogen-bond acceptors (Lipinski definition) is 4. The third-order valence-corrected chi connectivity index (χ3v) is 7.36. The Morgan fingerprint density at radius 2 is 2.05 bits per heavy atom. The van der Waals surface area contributed by atoms with E-state index in [1.807, 2.05) is 13.8 Å².